The number of esters is 1. The lowest BCUT2D eigenvalue weighted by Crippen LogP contribution is -2.47. The van der Waals surface area contributed by atoms with Crippen LogP contribution in [0.25, 0.3) is 0 Å². The third-order valence-corrected chi connectivity index (χ3v) is 5.27. The van der Waals surface area contributed by atoms with Gasteiger partial charge in [0.05, 0.1) is 19.2 Å². The normalized spacial score (nSPS) is 30.1. The molecule has 2 atom stereocenters. The van der Waals surface area contributed by atoms with Gasteiger partial charge in [0.2, 0.25) is 5.28 Å². The molecule has 1 aromatic rings. The molecule has 7 heteroatoms. The average molecular weight is 328 g/mol. The first-order valence-corrected chi connectivity index (χ1v) is 7.97. The lowest BCUT2D eigenvalue weighted by Gasteiger charge is -2.47. The molecule has 0 radical (unpaired) electrons. The van der Waals surface area contributed by atoms with Crippen LogP contribution in [0.1, 0.15) is 25.7 Å². The molecule has 0 saturated heterocycles. The SMILES string of the molecule is COC(=O)[C@H]1C2CCC(CC2)C1CNc1nc(Cl)ncc1F. The molecule has 3 aliphatic carbocycles. The summed E-state index contributed by atoms with van der Waals surface area (Å²) in [7, 11) is 1.43. The van der Waals surface area contributed by atoms with Crippen molar-refractivity contribution in [1.29, 1.82) is 0 Å². The van der Waals surface area contributed by atoms with Gasteiger partial charge in [-0.05, 0) is 55.0 Å². The summed E-state index contributed by atoms with van der Waals surface area (Å²) < 4.78 is 18.7. The van der Waals surface area contributed by atoms with Gasteiger partial charge in [0.1, 0.15) is 0 Å². The number of carbonyl (C=O) groups excluding carboxylic acids is 1. The Morgan fingerprint density at radius 3 is 2.77 bits per heavy atom. The minimum atomic E-state index is -0.542. The van der Waals surface area contributed by atoms with Crippen LogP contribution in [0, 0.1) is 29.5 Å². The molecule has 0 amide bonds. The number of nitrogens with zero attached hydrogens (tertiary/aromatic N) is 2. The smallest absolute Gasteiger partial charge is 0.309 e. The third-order valence-electron chi connectivity index (χ3n) is 5.08. The van der Waals surface area contributed by atoms with E-state index in [4.69, 9.17) is 16.3 Å². The van der Waals surface area contributed by atoms with E-state index in [1.165, 1.54) is 7.11 Å². The van der Waals surface area contributed by atoms with E-state index >= 15 is 0 Å². The molecular formula is C15H19ClFN3O2. The molecule has 3 aliphatic rings. The largest absolute Gasteiger partial charge is 0.469 e. The van der Waals surface area contributed by atoms with Gasteiger partial charge in [0, 0.05) is 6.54 Å². The predicted molar refractivity (Wildman–Crippen MR) is 79.9 cm³/mol. The van der Waals surface area contributed by atoms with Crippen molar-refractivity contribution in [3.05, 3.63) is 17.3 Å². The van der Waals surface area contributed by atoms with Gasteiger partial charge in [0.25, 0.3) is 0 Å². The van der Waals surface area contributed by atoms with Crippen LogP contribution in [0.3, 0.4) is 0 Å². The van der Waals surface area contributed by atoms with Gasteiger partial charge in [-0.2, -0.15) is 4.98 Å². The maximum absolute atomic E-state index is 13.7. The average Bonchev–Trinajstić information content (AvgIpc) is 2.55. The molecule has 3 fully saturated rings. The minimum absolute atomic E-state index is 0.00131. The van der Waals surface area contributed by atoms with Gasteiger partial charge >= 0.3 is 5.97 Å². The number of methoxy groups -OCH3 is 1. The summed E-state index contributed by atoms with van der Waals surface area (Å²) in [5, 5.41) is 3.00. The Balaban J connectivity index is 1.74. The van der Waals surface area contributed by atoms with E-state index in [0.29, 0.717) is 18.4 Å². The molecule has 0 aromatic carbocycles. The van der Waals surface area contributed by atoms with Crippen LogP contribution in [0.5, 0.6) is 0 Å². The topological polar surface area (TPSA) is 64.1 Å². The number of fused-ring (bicyclic) bond motifs is 3. The number of nitrogens with one attached hydrogen (secondary N) is 1. The number of ether oxygens (including phenoxy) is 1. The molecule has 1 N–H and O–H groups in total. The Morgan fingerprint density at radius 2 is 2.09 bits per heavy atom. The Hall–Kier alpha value is -1.43. The zero-order valence-corrected chi connectivity index (χ0v) is 13.1. The lowest BCUT2D eigenvalue weighted by molar-refractivity contribution is -0.155. The number of hydrogen-bond donors (Lipinski definition) is 1. The summed E-state index contributed by atoms with van der Waals surface area (Å²) in [5.41, 5.74) is 0. The number of rotatable bonds is 4. The number of carbonyl (C=O) groups is 1. The fourth-order valence-corrected chi connectivity index (χ4v) is 4.19. The van der Waals surface area contributed by atoms with Gasteiger partial charge in [-0.25, -0.2) is 9.37 Å². The molecule has 3 saturated carbocycles. The molecule has 0 aliphatic heterocycles. The zero-order chi connectivity index (χ0) is 15.7. The molecule has 120 valence electrons. The van der Waals surface area contributed by atoms with Gasteiger partial charge in [-0.3, -0.25) is 4.79 Å². The zero-order valence-electron chi connectivity index (χ0n) is 12.4. The van der Waals surface area contributed by atoms with Crippen LogP contribution in [-0.2, 0) is 9.53 Å². The number of anilines is 1. The molecule has 1 heterocycles. The maximum Gasteiger partial charge on any atom is 0.309 e. The van der Waals surface area contributed by atoms with Crippen LogP contribution < -0.4 is 5.32 Å². The minimum Gasteiger partial charge on any atom is -0.469 e. The molecule has 22 heavy (non-hydrogen) atoms. The second-order valence-electron chi connectivity index (χ2n) is 6.10. The number of aromatic nitrogens is 2. The molecular weight excluding hydrogens is 309 g/mol. The van der Waals surface area contributed by atoms with E-state index in [-0.39, 0.29) is 28.9 Å². The molecule has 1 unspecified atom stereocenters. The van der Waals surface area contributed by atoms with Crippen molar-refractivity contribution in [2.75, 3.05) is 19.0 Å². The van der Waals surface area contributed by atoms with E-state index in [9.17, 15) is 9.18 Å². The highest BCUT2D eigenvalue weighted by Gasteiger charge is 2.47. The van der Waals surface area contributed by atoms with Gasteiger partial charge in [0.15, 0.2) is 11.6 Å². The molecule has 0 spiro atoms. The first kappa shape index (κ1) is 15.5. The summed E-state index contributed by atoms with van der Waals surface area (Å²) in [5.74, 6) is 0.288. The molecule has 1 aromatic heterocycles. The predicted octanol–water partition coefficient (Wildman–Crippen LogP) is 2.91. The summed E-state index contributed by atoms with van der Waals surface area (Å²) in [6.07, 6.45) is 5.45. The molecule has 4 rings (SSSR count). The van der Waals surface area contributed by atoms with Gasteiger partial charge < -0.3 is 10.1 Å². The number of halogens is 2. The van der Waals surface area contributed by atoms with E-state index in [2.05, 4.69) is 15.3 Å². The first-order chi connectivity index (χ1) is 10.6. The van der Waals surface area contributed by atoms with Gasteiger partial charge in [-0.1, -0.05) is 0 Å². The highest BCUT2D eigenvalue weighted by atomic mass is 35.5. The van der Waals surface area contributed by atoms with Crippen LogP contribution in [0.4, 0.5) is 10.2 Å². The van der Waals surface area contributed by atoms with Crippen molar-refractivity contribution in [2.45, 2.75) is 25.7 Å². The summed E-state index contributed by atoms with van der Waals surface area (Å²) in [6, 6.07) is 0. The second kappa shape index (κ2) is 6.36. The van der Waals surface area contributed by atoms with Crippen molar-refractivity contribution in [3.63, 3.8) is 0 Å². The highest BCUT2D eigenvalue weighted by Crippen LogP contribution is 2.49. The third kappa shape index (κ3) is 2.89. The quantitative estimate of drug-likeness (QED) is 0.680. The van der Waals surface area contributed by atoms with Crippen LogP contribution in [0.15, 0.2) is 6.20 Å². The van der Waals surface area contributed by atoms with Crippen molar-refractivity contribution >= 4 is 23.4 Å². The van der Waals surface area contributed by atoms with Crippen LogP contribution >= 0.6 is 11.6 Å². The van der Waals surface area contributed by atoms with E-state index < -0.39 is 5.82 Å². The Labute approximate surface area is 133 Å². The van der Waals surface area contributed by atoms with Crippen molar-refractivity contribution < 1.29 is 13.9 Å². The van der Waals surface area contributed by atoms with E-state index in [1.54, 1.807) is 0 Å². The monoisotopic (exact) mass is 327 g/mol. The van der Waals surface area contributed by atoms with Crippen LogP contribution in [-0.4, -0.2) is 29.6 Å². The Morgan fingerprint density at radius 1 is 1.41 bits per heavy atom. The maximum atomic E-state index is 13.7. The first-order valence-electron chi connectivity index (χ1n) is 7.60. The summed E-state index contributed by atoms with van der Waals surface area (Å²) >= 11 is 5.70. The lowest BCUT2D eigenvalue weighted by atomic mass is 9.58. The summed E-state index contributed by atoms with van der Waals surface area (Å²) in [6.45, 7) is 0.491. The molecule has 5 nitrogen and oxygen atoms in total. The standard InChI is InChI=1S/C15H19ClFN3O2/c1-22-14(21)12-9-4-2-8(3-5-9)10(12)6-18-13-11(17)7-19-15(16)20-13/h7-10,12H,2-6H2,1H3,(H,18,19,20)/t8?,9?,10?,12-/m0/s1. The van der Waals surface area contributed by atoms with E-state index in [0.717, 1.165) is 31.9 Å². The fraction of sp³-hybridized carbons (Fsp3) is 0.667. The van der Waals surface area contributed by atoms with Crippen molar-refractivity contribution in [2.24, 2.45) is 23.7 Å². The van der Waals surface area contributed by atoms with Gasteiger partial charge in [-0.15, -0.1) is 0 Å². The van der Waals surface area contributed by atoms with Crippen molar-refractivity contribution in [3.8, 4) is 0 Å². The Kier molecular flexibility index (Phi) is 4.47. The van der Waals surface area contributed by atoms with Crippen LogP contribution in [0.2, 0.25) is 5.28 Å². The van der Waals surface area contributed by atoms with E-state index in [1.807, 2.05) is 0 Å². The fourth-order valence-electron chi connectivity index (χ4n) is 4.06. The summed E-state index contributed by atoms with van der Waals surface area (Å²) in [4.78, 5) is 19.6. The number of hydrogen-bond acceptors (Lipinski definition) is 5. The second-order valence-corrected chi connectivity index (χ2v) is 6.44. The Bertz CT molecular complexity index is 564. The van der Waals surface area contributed by atoms with Crippen molar-refractivity contribution in [1.82, 2.24) is 9.97 Å². The molecule has 2 bridgehead atoms. The highest BCUT2D eigenvalue weighted by molar-refractivity contribution is 6.28.